The molecule has 2 heterocycles. The normalized spacial score (nSPS) is 22.9. The summed E-state index contributed by atoms with van der Waals surface area (Å²) in [5.74, 6) is 1.13. The van der Waals surface area contributed by atoms with Gasteiger partial charge in [-0.25, -0.2) is 9.48 Å². The molecule has 0 radical (unpaired) electrons. The Bertz CT molecular complexity index is 848. The lowest BCUT2D eigenvalue weighted by Gasteiger charge is -2.23. The molecule has 2 aliphatic heterocycles. The fourth-order valence-corrected chi connectivity index (χ4v) is 4.02. The Morgan fingerprint density at radius 1 is 1.04 bits per heavy atom. The van der Waals surface area contributed by atoms with Gasteiger partial charge in [0.25, 0.3) is 17.2 Å². The van der Waals surface area contributed by atoms with Crippen LogP contribution in [-0.2, 0) is 5.72 Å². The average molecular weight is 352 g/mol. The SMILES string of the molecule is O=[N+]([O-])c1ccc([C@]2(O)CN(c3ccccc3)C3=[N+]2CCCCC3)cc1. The van der Waals surface area contributed by atoms with Crippen LogP contribution in [0.2, 0.25) is 0 Å². The van der Waals surface area contributed by atoms with Crippen LogP contribution in [0.25, 0.3) is 0 Å². The molecule has 26 heavy (non-hydrogen) atoms. The second-order valence-electron chi connectivity index (χ2n) is 6.92. The number of nitrogens with zero attached hydrogens (tertiary/aromatic N) is 3. The van der Waals surface area contributed by atoms with Crippen LogP contribution in [0, 0.1) is 10.1 Å². The van der Waals surface area contributed by atoms with Crippen molar-refractivity contribution in [1.82, 2.24) is 0 Å². The lowest BCUT2D eigenvalue weighted by Crippen LogP contribution is -2.41. The van der Waals surface area contributed by atoms with E-state index in [-0.39, 0.29) is 5.69 Å². The first-order chi connectivity index (χ1) is 12.6. The predicted octanol–water partition coefficient (Wildman–Crippen LogP) is 3.25. The molecule has 0 bridgehead atoms. The summed E-state index contributed by atoms with van der Waals surface area (Å²) in [7, 11) is 0. The topological polar surface area (TPSA) is 69.6 Å². The maximum Gasteiger partial charge on any atom is 0.271 e. The Morgan fingerprint density at radius 3 is 2.46 bits per heavy atom. The van der Waals surface area contributed by atoms with E-state index in [1.54, 1.807) is 12.1 Å². The molecule has 6 heteroatoms. The zero-order valence-electron chi connectivity index (χ0n) is 14.5. The van der Waals surface area contributed by atoms with Gasteiger partial charge in [-0.05, 0) is 43.5 Å². The standard InChI is InChI=1S/C20H22N3O3/c24-20(16-10-12-18(13-11-16)23(25)26)15-21(17-7-3-1-4-8-17)19-9-5-2-6-14-22(19)20/h1,3-4,7-8,10-13,24H,2,5-6,9,14-15H2/q+1/t20-/m1/s1. The molecular formula is C20H22N3O3+. The van der Waals surface area contributed by atoms with Gasteiger partial charge < -0.3 is 5.11 Å². The molecular weight excluding hydrogens is 330 g/mol. The molecule has 4 rings (SSSR count). The van der Waals surface area contributed by atoms with Gasteiger partial charge in [0.15, 0.2) is 6.54 Å². The van der Waals surface area contributed by atoms with Crippen molar-refractivity contribution < 1.29 is 14.6 Å². The predicted molar refractivity (Wildman–Crippen MR) is 99.4 cm³/mol. The third-order valence-corrected chi connectivity index (χ3v) is 5.34. The second kappa shape index (κ2) is 6.53. The molecule has 0 aromatic heterocycles. The number of hydrogen-bond acceptors (Lipinski definition) is 4. The van der Waals surface area contributed by atoms with Crippen molar-refractivity contribution in [2.45, 2.75) is 31.4 Å². The molecule has 1 N–H and O–H groups in total. The number of para-hydroxylation sites is 1. The molecule has 2 aromatic rings. The minimum Gasteiger partial charge on any atom is -0.346 e. The van der Waals surface area contributed by atoms with Crippen molar-refractivity contribution in [3.8, 4) is 0 Å². The van der Waals surface area contributed by atoms with E-state index in [9.17, 15) is 15.2 Å². The minimum absolute atomic E-state index is 0.0373. The van der Waals surface area contributed by atoms with Crippen LogP contribution in [-0.4, -0.2) is 33.5 Å². The third kappa shape index (κ3) is 2.76. The maximum atomic E-state index is 11.6. The number of benzene rings is 2. The molecule has 134 valence electrons. The van der Waals surface area contributed by atoms with Gasteiger partial charge in [0.1, 0.15) is 5.69 Å². The fourth-order valence-electron chi connectivity index (χ4n) is 4.02. The number of non-ortho nitro benzene ring substituents is 1. The summed E-state index contributed by atoms with van der Waals surface area (Å²) in [5.41, 5.74) is 0.619. The Balaban J connectivity index is 1.78. The molecule has 0 unspecified atom stereocenters. The second-order valence-corrected chi connectivity index (χ2v) is 6.92. The quantitative estimate of drug-likeness (QED) is 0.523. The van der Waals surface area contributed by atoms with E-state index in [0.29, 0.717) is 12.1 Å². The first kappa shape index (κ1) is 16.7. The van der Waals surface area contributed by atoms with Crippen molar-refractivity contribution in [1.29, 1.82) is 0 Å². The van der Waals surface area contributed by atoms with E-state index in [1.807, 2.05) is 18.2 Å². The highest BCUT2D eigenvalue weighted by molar-refractivity contribution is 5.95. The zero-order valence-corrected chi connectivity index (χ0v) is 14.5. The number of nitro benzene ring substituents is 1. The summed E-state index contributed by atoms with van der Waals surface area (Å²) in [4.78, 5) is 12.7. The summed E-state index contributed by atoms with van der Waals surface area (Å²) in [6, 6.07) is 16.4. The van der Waals surface area contributed by atoms with Gasteiger partial charge in [-0.1, -0.05) is 18.2 Å². The van der Waals surface area contributed by atoms with Gasteiger partial charge in [0, 0.05) is 24.1 Å². The van der Waals surface area contributed by atoms with Crippen molar-refractivity contribution in [3.05, 3.63) is 70.3 Å². The lowest BCUT2D eigenvalue weighted by molar-refractivity contribution is -0.658. The molecule has 2 aromatic carbocycles. The largest absolute Gasteiger partial charge is 0.346 e. The van der Waals surface area contributed by atoms with E-state index in [0.717, 1.165) is 43.8 Å². The minimum atomic E-state index is -1.18. The van der Waals surface area contributed by atoms with E-state index in [2.05, 4.69) is 21.6 Å². The molecule has 0 spiro atoms. The molecule has 2 aliphatic rings. The number of nitro groups is 1. The number of anilines is 1. The molecule has 0 aliphatic carbocycles. The van der Waals surface area contributed by atoms with Crippen LogP contribution in [0.3, 0.4) is 0 Å². The van der Waals surface area contributed by atoms with Gasteiger partial charge in [-0.3, -0.25) is 10.1 Å². The monoisotopic (exact) mass is 352 g/mol. The molecule has 1 atom stereocenters. The van der Waals surface area contributed by atoms with Gasteiger partial charge in [-0.2, -0.15) is 0 Å². The number of aliphatic hydroxyl groups is 1. The molecule has 6 nitrogen and oxygen atoms in total. The van der Waals surface area contributed by atoms with Crippen LogP contribution in [0.15, 0.2) is 54.6 Å². The van der Waals surface area contributed by atoms with Gasteiger partial charge >= 0.3 is 0 Å². The van der Waals surface area contributed by atoms with E-state index >= 15 is 0 Å². The van der Waals surface area contributed by atoms with Crippen molar-refractivity contribution >= 4 is 17.2 Å². The van der Waals surface area contributed by atoms with Crippen LogP contribution < -0.4 is 4.90 Å². The Hall–Kier alpha value is -2.73. The number of hydrogen-bond donors (Lipinski definition) is 1. The maximum absolute atomic E-state index is 11.6. The smallest absolute Gasteiger partial charge is 0.271 e. The van der Waals surface area contributed by atoms with Crippen LogP contribution in [0.1, 0.15) is 31.2 Å². The third-order valence-electron chi connectivity index (χ3n) is 5.34. The molecule has 0 saturated heterocycles. The van der Waals surface area contributed by atoms with E-state index in [4.69, 9.17) is 0 Å². The number of rotatable bonds is 3. The van der Waals surface area contributed by atoms with Gasteiger partial charge in [-0.15, -0.1) is 0 Å². The zero-order chi connectivity index (χ0) is 18.1. The highest BCUT2D eigenvalue weighted by Crippen LogP contribution is 2.35. The van der Waals surface area contributed by atoms with Gasteiger partial charge in [0.05, 0.1) is 11.5 Å². The fraction of sp³-hybridized carbons (Fsp3) is 0.350. The van der Waals surface area contributed by atoms with Crippen LogP contribution in [0.5, 0.6) is 0 Å². The van der Waals surface area contributed by atoms with E-state index in [1.165, 1.54) is 12.1 Å². The first-order valence-electron chi connectivity index (χ1n) is 9.03. The van der Waals surface area contributed by atoms with Crippen molar-refractivity contribution in [3.63, 3.8) is 0 Å². The Kier molecular flexibility index (Phi) is 4.20. The Labute approximate surface area is 152 Å². The summed E-state index contributed by atoms with van der Waals surface area (Å²) in [6.07, 6.45) is 4.19. The Morgan fingerprint density at radius 2 is 1.77 bits per heavy atom. The van der Waals surface area contributed by atoms with Crippen molar-refractivity contribution in [2.24, 2.45) is 0 Å². The van der Waals surface area contributed by atoms with Gasteiger partial charge in [0.2, 0.25) is 0 Å². The lowest BCUT2D eigenvalue weighted by atomic mass is 10.0. The molecule has 0 saturated carbocycles. The number of β-amino-alcohol motifs (C(OH)–C–C–N with tert-alkyl or cyclic N) is 1. The summed E-state index contributed by atoms with van der Waals surface area (Å²) in [5, 5.41) is 22.6. The summed E-state index contributed by atoms with van der Waals surface area (Å²) >= 11 is 0. The molecule has 0 fully saturated rings. The first-order valence-corrected chi connectivity index (χ1v) is 9.03. The summed E-state index contributed by atoms with van der Waals surface area (Å²) in [6.45, 7) is 1.20. The van der Waals surface area contributed by atoms with Crippen LogP contribution >= 0.6 is 0 Å². The molecule has 0 amide bonds. The highest BCUT2D eigenvalue weighted by Gasteiger charge is 2.51. The number of amidine groups is 1. The van der Waals surface area contributed by atoms with Crippen molar-refractivity contribution in [2.75, 3.05) is 18.0 Å². The highest BCUT2D eigenvalue weighted by atomic mass is 16.6. The van der Waals surface area contributed by atoms with E-state index < -0.39 is 10.6 Å². The average Bonchev–Trinajstić information content (AvgIpc) is 2.82. The van der Waals surface area contributed by atoms with Crippen LogP contribution in [0.4, 0.5) is 11.4 Å². The summed E-state index contributed by atoms with van der Waals surface area (Å²) < 4.78 is 2.09.